The van der Waals surface area contributed by atoms with Crippen molar-refractivity contribution >= 4 is 32.8 Å². The van der Waals surface area contributed by atoms with Crippen LogP contribution in [0.3, 0.4) is 0 Å². The van der Waals surface area contributed by atoms with Gasteiger partial charge in [-0.05, 0) is 87.5 Å². The molecule has 0 bridgehead atoms. The summed E-state index contributed by atoms with van der Waals surface area (Å²) in [5, 5.41) is 2.43. The molecule has 1 aliphatic carbocycles. The molecule has 0 saturated carbocycles. The lowest BCUT2D eigenvalue weighted by molar-refractivity contribution is 0.476. The predicted molar refractivity (Wildman–Crippen MR) is 192 cm³/mol. The van der Waals surface area contributed by atoms with E-state index in [4.69, 9.17) is 9.72 Å². The van der Waals surface area contributed by atoms with E-state index in [1.54, 1.807) is 0 Å². The van der Waals surface area contributed by atoms with Gasteiger partial charge >= 0.3 is 0 Å². The van der Waals surface area contributed by atoms with E-state index < -0.39 is 5.41 Å². The van der Waals surface area contributed by atoms with Crippen molar-refractivity contribution in [3.05, 3.63) is 174 Å². The van der Waals surface area contributed by atoms with E-state index in [-0.39, 0.29) is 0 Å². The number of rotatable bonds is 1. The van der Waals surface area contributed by atoms with Crippen molar-refractivity contribution in [2.75, 3.05) is 0 Å². The molecule has 222 valence electrons. The summed E-state index contributed by atoms with van der Waals surface area (Å²) in [6.07, 6.45) is 0. The lowest BCUT2D eigenvalue weighted by Gasteiger charge is -2.27. The smallest absolute Gasteiger partial charge is 0.152 e. The van der Waals surface area contributed by atoms with Gasteiger partial charge in [0.1, 0.15) is 11.2 Å². The summed E-state index contributed by atoms with van der Waals surface area (Å²) in [5.41, 5.74) is 14.9. The minimum Gasteiger partial charge on any atom is -0.453 e. The number of imidazole rings is 1. The number of ether oxygens (including phenoxy) is 1. The molecule has 3 aliphatic rings. The fraction of sp³-hybridized carbons (Fsp3) is 0.0227. The second-order valence-electron chi connectivity index (χ2n) is 13.1. The molecule has 2 aromatic heterocycles. The normalized spacial score (nSPS) is 16.2. The molecule has 2 aliphatic heterocycles. The monoisotopic (exact) mass is 611 g/mol. The molecule has 7 aromatic carbocycles. The molecule has 12 rings (SSSR count). The first kappa shape index (κ1) is 24.8. The zero-order valence-corrected chi connectivity index (χ0v) is 25.7. The first-order valence-electron chi connectivity index (χ1n) is 16.5. The number of aromatic nitrogens is 3. The van der Waals surface area contributed by atoms with Crippen molar-refractivity contribution in [3.8, 4) is 45.1 Å². The van der Waals surface area contributed by atoms with Crippen LogP contribution in [0.5, 0.6) is 11.5 Å². The van der Waals surface area contributed by atoms with E-state index in [2.05, 4.69) is 155 Å². The number of hydrogen-bond acceptors (Lipinski definition) is 2. The van der Waals surface area contributed by atoms with Crippen LogP contribution < -0.4 is 4.74 Å². The minimum atomic E-state index is -0.544. The molecule has 4 heteroatoms. The molecule has 1 atom stereocenters. The van der Waals surface area contributed by atoms with Crippen molar-refractivity contribution < 1.29 is 4.74 Å². The van der Waals surface area contributed by atoms with Crippen LogP contribution in [0, 0.1) is 0 Å². The van der Waals surface area contributed by atoms with Gasteiger partial charge in [-0.2, -0.15) is 0 Å². The van der Waals surface area contributed by atoms with Crippen LogP contribution in [-0.2, 0) is 5.41 Å². The van der Waals surface area contributed by atoms with E-state index >= 15 is 0 Å². The van der Waals surface area contributed by atoms with Gasteiger partial charge in [-0.1, -0.05) is 103 Å². The Morgan fingerprint density at radius 3 is 2.12 bits per heavy atom. The Kier molecular flexibility index (Phi) is 4.39. The van der Waals surface area contributed by atoms with Gasteiger partial charge in [0, 0.05) is 10.8 Å². The zero-order chi connectivity index (χ0) is 31.1. The van der Waals surface area contributed by atoms with Gasteiger partial charge in [0.2, 0.25) is 0 Å². The number of hydrogen-bond donors (Lipinski definition) is 0. The van der Waals surface area contributed by atoms with Gasteiger partial charge in [0.05, 0.1) is 33.4 Å². The van der Waals surface area contributed by atoms with Crippen LogP contribution in [0.1, 0.15) is 22.5 Å². The summed E-state index contributed by atoms with van der Waals surface area (Å²) >= 11 is 0. The molecule has 9 aromatic rings. The number of para-hydroxylation sites is 6. The lowest BCUT2D eigenvalue weighted by Crippen LogP contribution is -2.27. The lowest BCUT2D eigenvalue weighted by atomic mass is 9.72. The van der Waals surface area contributed by atoms with E-state index in [9.17, 15) is 0 Å². The van der Waals surface area contributed by atoms with Crippen molar-refractivity contribution in [2.24, 2.45) is 0 Å². The average Bonchev–Trinajstić information content (AvgIpc) is 3.86. The van der Waals surface area contributed by atoms with Crippen LogP contribution in [0.4, 0.5) is 0 Å². The van der Waals surface area contributed by atoms with Gasteiger partial charge in [-0.15, -0.1) is 0 Å². The molecule has 4 heterocycles. The van der Waals surface area contributed by atoms with Gasteiger partial charge in [0.15, 0.2) is 11.5 Å². The Bertz CT molecular complexity index is 2890. The van der Waals surface area contributed by atoms with Crippen LogP contribution in [0.15, 0.2) is 152 Å². The average molecular weight is 612 g/mol. The number of fused-ring (bicyclic) bond motifs is 17. The second kappa shape index (κ2) is 8.49. The summed E-state index contributed by atoms with van der Waals surface area (Å²) in [5.74, 6) is 2.82. The number of benzene rings is 7. The Balaban J connectivity index is 1.23. The maximum absolute atomic E-state index is 6.57. The third kappa shape index (κ3) is 2.71. The standard InChI is InChI=1S/C44H25N3O/c1-3-15-30-28(12-1)40-26(27-24-25-39-42-41(27)29-13-2-6-19-34(29)46(42)37-22-9-10-23-38(37)48-39)14-11-17-32(40)44(30)31-16-4-7-20-35(31)47-36-21-8-5-18-33(36)45-43(44)47/h1-25H. The van der Waals surface area contributed by atoms with Crippen molar-refractivity contribution in [1.82, 2.24) is 14.1 Å². The molecule has 0 amide bonds. The van der Waals surface area contributed by atoms with Gasteiger partial charge in [-0.3, -0.25) is 4.57 Å². The molecule has 1 unspecified atom stereocenters. The Hall–Kier alpha value is -6.39. The highest BCUT2D eigenvalue weighted by molar-refractivity contribution is 6.19. The largest absolute Gasteiger partial charge is 0.453 e. The molecular formula is C44H25N3O. The molecule has 0 N–H and O–H groups in total. The third-order valence-corrected chi connectivity index (χ3v) is 10.9. The predicted octanol–water partition coefficient (Wildman–Crippen LogP) is 10.6. The summed E-state index contributed by atoms with van der Waals surface area (Å²) in [6.45, 7) is 0. The van der Waals surface area contributed by atoms with E-state index in [0.717, 1.165) is 39.6 Å². The van der Waals surface area contributed by atoms with E-state index in [1.807, 2.05) is 6.07 Å². The highest BCUT2D eigenvalue weighted by Crippen LogP contribution is 2.62. The number of nitrogens with zero attached hydrogens (tertiary/aromatic N) is 3. The minimum absolute atomic E-state index is 0.544. The van der Waals surface area contributed by atoms with Crippen molar-refractivity contribution in [1.29, 1.82) is 0 Å². The maximum atomic E-state index is 6.57. The SMILES string of the molecule is c1ccc2c(c1)Oc1ccc(-c3cccc4c3-c3ccccc3C43c4ccccc4-n4c3nc3ccccc34)c3c4ccccc4n-2c13. The summed E-state index contributed by atoms with van der Waals surface area (Å²) < 4.78 is 11.3. The van der Waals surface area contributed by atoms with Crippen molar-refractivity contribution in [2.45, 2.75) is 5.41 Å². The molecule has 4 nitrogen and oxygen atoms in total. The highest BCUT2D eigenvalue weighted by atomic mass is 16.5. The first-order valence-corrected chi connectivity index (χ1v) is 16.5. The highest BCUT2D eigenvalue weighted by Gasteiger charge is 2.54. The molecule has 0 fully saturated rings. The fourth-order valence-electron chi connectivity index (χ4n) is 9.18. The maximum Gasteiger partial charge on any atom is 0.152 e. The molecule has 0 radical (unpaired) electrons. The van der Waals surface area contributed by atoms with Crippen LogP contribution in [-0.4, -0.2) is 14.1 Å². The Morgan fingerprint density at radius 2 is 1.19 bits per heavy atom. The van der Waals surface area contributed by atoms with Gasteiger partial charge in [-0.25, -0.2) is 4.98 Å². The van der Waals surface area contributed by atoms with E-state index in [0.29, 0.717) is 0 Å². The molecule has 0 saturated heterocycles. The summed E-state index contributed by atoms with van der Waals surface area (Å²) in [6, 6.07) is 54.8. The van der Waals surface area contributed by atoms with Crippen LogP contribution in [0.2, 0.25) is 0 Å². The summed E-state index contributed by atoms with van der Waals surface area (Å²) in [7, 11) is 0. The van der Waals surface area contributed by atoms with Crippen molar-refractivity contribution in [3.63, 3.8) is 0 Å². The molecule has 48 heavy (non-hydrogen) atoms. The van der Waals surface area contributed by atoms with Crippen LogP contribution in [0.25, 0.3) is 66.5 Å². The third-order valence-electron chi connectivity index (χ3n) is 10.9. The van der Waals surface area contributed by atoms with E-state index in [1.165, 1.54) is 60.9 Å². The fourth-order valence-corrected chi connectivity index (χ4v) is 9.18. The van der Waals surface area contributed by atoms with Gasteiger partial charge in [0.25, 0.3) is 0 Å². The van der Waals surface area contributed by atoms with Gasteiger partial charge < -0.3 is 9.30 Å². The summed E-state index contributed by atoms with van der Waals surface area (Å²) in [4.78, 5) is 5.43. The Morgan fingerprint density at radius 1 is 0.479 bits per heavy atom. The topological polar surface area (TPSA) is 32.0 Å². The zero-order valence-electron chi connectivity index (χ0n) is 25.7. The Labute approximate surface area is 275 Å². The first-order chi connectivity index (χ1) is 23.8. The van der Waals surface area contributed by atoms with Crippen LogP contribution >= 0.6 is 0 Å². The molecular weight excluding hydrogens is 587 g/mol. The quantitative estimate of drug-likeness (QED) is 0.185. The second-order valence-corrected chi connectivity index (χ2v) is 13.1. The molecule has 1 spiro atoms.